The summed E-state index contributed by atoms with van der Waals surface area (Å²) in [4.78, 5) is 4.50. The molecule has 2 aliphatic heterocycles. The number of hydrogen-bond donors (Lipinski definition) is 0. The fourth-order valence-corrected chi connectivity index (χ4v) is 5.73. The van der Waals surface area contributed by atoms with E-state index in [2.05, 4.69) is 4.99 Å². The minimum atomic E-state index is -3.41. The van der Waals surface area contributed by atoms with Crippen LogP contribution < -0.4 is 4.74 Å². The van der Waals surface area contributed by atoms with Crippen LogP contribution in [0.2, 0.25) is 5.02 Å². The van der Waals surface area contributed by atoms with Crippen LogP contribution in [0, 0.1) is 0 Å². The summed E-state index contributed by atoms with van der Waals surface area (Å²) in [5.74, 6) is 2.13. The number of sulfone groups is 1. The van der Waals surface area contributed by atoms with Gasteiger partial charge in [0.1, 0.15) is 11.4 Å². The Morgan fingerprint density at radius 1 is 1.22 bits per heavy atom. The number of thioether (sulfide) groups is 1. The van der Waals surface area contributed by atoms with Gasteiger partial charge in [-0.2, -0.15) is 11.8 Å². The molecule has 4 nitrogen and oxygen atoms in total. The van der Waals surface area contributed by atoms with E-state index in [9.17, 15) is 8.42 Å². The van der Waals surface area contributed by atoms with Crippen molar-refractivity contribution in [3.63, 3.8) is 0 Å². The minimum Gasteiger partial charge on any atom is -0.454 e. The Morgan fingerprint density at radius 2 is 2.00 bits per heavy atom. The van der Waals surface area contributed by atoms with Gasteiger partial charge in [-0.05, 0) is 24.3 Å². The van der Waals surface area contributed by atoms with Crippen molar-refractivity contribution in [2.24, 2.45) is 4.99 Å². The Kier molecular flexibility index (Phi) is 3.63. The van der Waals surface area contributed by atoms with E-state index in [0.717, 1.165) is 5.75 Å². The summed E-state index contributed by atoms with van der Waals surface area (Å²) in [6.45, 7) is 0. The van der Waals surface area contributed by atoms with Gasteiger partial charge in [-0.25, -0.2) is 8.42 Å². The number of fused-ring (bicyclic) bond motifs is 2. The van der Waals surface area contributed by atoms with Gasteiger partial charge >= 0.3 is 0 Å². The lowest BCUT2D eigenvalue weighted by atomic mass is 10.2. The number of para-hydroxylation sites is 2. The van der Waals surface area contributed by atoms with Crippen molar-refractivity contribution in [3.8, 4) is 11.5 Å². The maximum Gasteiger partial charge on any atom is 0.180 e. The van der Waals surface area contributed by atoms with Crippen LogP contribution in [0.15, 0.2) is 46.3 Å². The predicted octanol–water partition coefficient (Wildman–Crippen LogP) is 4.09. The molecule has 118 valence electrons. The van der Waals surface area contributed by atoms with Crippen LogP contribution in [0.1, 0.15) is 5.56 Å². The molecule has 7 heteroatoms. The highest BCUT2D eigenvalue weighted by atomic mass is 35.5. The number of halogens is 1. The van der Waals surface area contributed by atoms with Gasteiger partial charge in [0.2, 0.25) is 0 Å². The average molecular weight is 366 g/mol. The molecule has 4 rings (SSSR count). The van der Waals surface area contributed by atoms with E-state index in [0.29, 0.717) is 22.7 Å². The number of nitrogens with zero attached hydrogens (tertiary/aromatic N) is 1. The van der Waals surface area contributed by atoms with E-state index < -0.39 is 9.84 Å². The number of aliphatic imine (C=N–C) groups is 1. The van der Waals surface area contributed by atoms with Crippen LogP contribution in [0.25, 0.3) is 0 Å². The first kappa shape index (κ1) is 15.1. The molecule has 0 N–H and O–H groups in total. The highest BCUT2D eigenvalue weighted by molar-refractivity contribution is 8.08. The summed E-state index contributed by atoms with van der Waals surface area (Å²) in [6, 6.07) is 10.5. The van der Waals surface area contributed by atoms with Crippen molar-refractivity contribution >= 4 is 45.1 Å². The van der Waals surface area contributed by atoms with E-state index >= 15 is 0 Å². The molecule has 0 saturated carbocycles. The summed E-state index contributed by atoms with van der Waals surface area (Å²) in [6.07, 6.45) is 1.56. The third-order valence-electron chi connectivity index (χ3n) is 3.66. The zero-order chi connectivity index (χ0) is 16.0. The lowest BCUT2D eigenvalue weighted by Gasteiger charge is -2.12. The summed E-state index contributed by atoms with van der Waals surface area (Å²) in [5, 5.41) is 0.355. The molecular weight excluding hydrogens is 354 g/mol. The maximum absolute atomic E-state index is 12.5. The van der Waals surface area contributed by atoms with Crippen LogP contribution in [0.4, 0.5) is 5.69 Å². The summed E-state index contributed by atoms with van der Waals surface area (Å²) in [5.41, 5.74) is 1.17. The molecule has 0 aliphatic carbocycles. The maximum atomic E-state index is 12.5. The Balaban J connectivity index is 1.80. The molecule has 2 aliphatic rings. The number of hydrogen-bond acceptors (Lipinski definition) is 5. The Hall–Kier alpha value is -1.50. The molecular formula is C16H12ClNO3S2. The predicted molar refractivity (Wildman–Crippen MR) is 93.5 cm³/mol. The highest BCUT2D eigenvalue weighted by Gasteiger charge is 2.32. The summed E-state index contributed by atoms with van der Waals surface area (Å²) in [7, 11) is -3.41. The van der Waals surface area contributed by atoms with Crippen LogP contribution in [0.5, 0.6) is 11.5 Å². The number of ether oxygens (including phenoxy) is 1. The van der Waals surface area contributed by atoms with Gasteiger partial charge in [0.05, 0.1) is 21.2 Å². The van der Waals surface area contributed by atoms with Crippen LogP contribution in [-0.4, -0.2) is 31.4 Å². The van der Waals surface area contributed by atoms with E-state index in [4.69, 9.17) is 16.3 Å². The van der Waals surface area contributed by atoms with Crippen molar-refractivity contribution < 1.29 is 13.2 Å². The van der Waals surface area contributed by atoms with Crippen LogP contribution in [0.3, 0.4) is 0 Å². The molecule has 0 spiro atoms. The Labute approximate surface area is 143 Å². The van der Waals surface area contributed by atoms with Crippen LogP contribution >= 0.6 is 23.4 Å². The fraction of sp³-hybridized carbons (Fsp3) is 0.188. The molecule has 2 aromatic rings. The van der Waals surface area contributed by atoms with Gasteiger partial charge in [0, 0.05) is 17.2 Å². The van der Waals surface area contributed by atoms with Gasteiger partial charge in [-0.3, -0.25) is 4.99 Å². The monoisotopic (exact) mass is 365 g/mol. The van der Waals surface area contributed by atoms with Crippen molar-refractivity contribution in [2.75, 3.05) is 11.5 Å². The minimum absolute atomic E-state index is 0.119. The quantitative estimate of drug-likeness (QED) is 0.656. The van der Waals surface area contributed by atoms with E-state index in [1.54, 1.807) is 24.0 Å². The Bertz CT molecular complexity index is 921. The SMILES string of the molecule is O=S(=O)(CC1CS1)c1ccc2c(c1Cl)C=Nc1ccccc1O2. The van der Waals surface area contributed by atoms with E-state index in [1.807, 2.05) is 24.3 Å². The van der Waals surface area contributed by atoms with Gasteiger partial charge < -0.3 is 4.74 Å². The Morgan fingerprint density at radius 3 is 2.78 bits per heavy atom. The van der Waals surface area contributed by atoms with Crippen molar-refractivity contribution in [1.82, 2.24) is 0 Å². The first-order valence-electron chi connectivity index (χ1n) is 7.02. The molecule has 0 aromatic heterocycles. The molecule has 0 radical (unpaired) electrons. The molecule has 0 bridgehead atoms. The number of rotatable bonds is 3. The zero-order valence-electron chi connectivity index (χ0n) is 11.9. The fourth-order valence-electron chi connectivity index (χ4n) is 2.41. The van der Waals surface area contributed by atoms with Crippen molar-refractivity contribution in [1.29, 1.82) is 0 Å². The number of benzene rings is 2. The third-order valence-corrected chi connectivity index (χ3v) is 7.22. The molecule has 23 heavy (non-hydrogen) atoms. The molecule has 1 saturated heterocycles. The summed E-state index contributed by atoms with van der Waals surface area (Å²) >= 11 is 8.02. The first-order chi connectivity index (χ1) is 11.0. The molecule has 2 aromatic carbocycles. The molecule has 2 heterocycles. The second kappa shape index (κ2) is 5.54. The van der Waals surface area contributed by atoms with Gasteiger partial charge in [-0.1, -0.05) is 23.7 Å². The lowest BCUT2D eigenvalue weighted by molar-refractivity contribution is 0.484. The zero-order valence-corrected chi connectivity index (χ0v) is 14.3. The van der Waals surface area contributed by atoms with Crippen molar-refractivity contribution in [2.45, 2.75) is 10.1 Å². The second-order valence-corrected chi connectivity index (χ2v) is 9.07. The average Bonchev–Trinajstić information content (AvgIpc) is 3.32. The topological polar surface area (TPSA) is 55.7 Å². The largest absolute Gasteiger partial charge is 0.454 e. The van der Waals surface area contributed by atoms with E-state index in [-0.39, 0.29) is 20.9 Å². The standard InChI is InChI=1S/C16H12ClNO3S2/c17-16-11-7-18-12-3-1-2-4-14(12)21-13(11)5-6-15(16)23(19,20)9-10-8-22-10/h1-7,10H,8-9H2. The first-order valence-corrected chi connectivity index (χ1v) is 10.1. The molecule has 0 amide bonds. The summed E-state index contributed by atoms with van der Waals surface area (Å²) < 4.78 is 30.9. The van der Waals surface area contributed by atoms with Crippen LogP contribution in [-0.2, 0) is 9.84 Å². The molecule has 1 unspecified atom stereocenters. The second-order valence-electron chi connectivity index (χ2n) is 5.35. The van der Waals surface area contributed by atoms with Gasteiger partial charge in [0.15, 0.2) is 15.6 Å². The van der Waals surface area contributed by atoms with Gasteiger partial charge in [-0.15, -0.1) is 0 Å². The van der Waals surface area contributed by atoms with Crippen molar-refractivity contribution in [3.05, 3.63) is 47.0 Å². The normalized spacial score (nSPS) is 18.6. The molecule has 1 fully saturated rings. The lowest BCUT2D eigenvalue weighted by Crippen LogP contribution is -2.12. The smallest absolute Gasteiger partial charge is 0.180 e. The van der Waals surface area contributed by atoms with E-state index in [1.165, 1.54) is 6.07 Å². The molecule has 1 atom stereocenters. The van der Waals surface area contributed by atoms with Gasteiger partial charge in [0.25, 0.3) is 0 Å². The third kappa shape index (κ3) is 2.86. The highest BCUT2D eigenvalue weighted by Crippen LogP contribution is 2.41.